The van der Waals surface area contributed by atoms with Crippen LogP contribution in [0, 0.1) is 5.92 Å². The molecule has 0 saturated carbocycles. The molecule has 0 radical (unpaired) electrons. The molecule has 220 valence electrons. The summed E-state index contributed by atoms with van der Waals surface area (Å²) in [6.07, 6.45) is -2.28. The van der Waals surface area contributed by atoms with Crippen LogP contribution in [0.3, 0.4) is 0 Å². The third kappa shape index (κ3) is 6.86. The van der Waals surface area contributed by atoms with E-state index in [9.17, 15) is 19.5 Å². The van der Waals surface area contributed by atoms with Gasteiger partial charge in [0.15, 0.2) is 12.4 Å². The number of ether oxygens (including phenoxy) is 3. The number of hydrogen-bond donors (Lipinski definition) is 3. The van der Waals surface area contributed by atoms with E-state index >= 15 is 0 Å². The molecule has 11 heteroatoms. The normalized spacial score (nSPS) is 26.2. The van der Waals surface area contributed by atoms with Gasteiger partial charge in [-0.25, -0.2) is 4.79 Å². The molecule has 3 N–H and O–H groups in total. The largest absolute Gasteiger partial charge is 0.443 e. The van der Waals surface area contributed by atoms with E-state index < -0.39 is 41.0 Å². The van der Waals surface area contributed by atoms with E-state index in [4.69, 9.17) is 14.2 Å². The Morgan fingerprint density at radius 1 is 1.07 bits per heavy atom. The SMILES string of the molecule is CC1(C)SCN(C(=O)[C@@H](O)[C@H](Cc2ccccc2)NC(=O)O[C@H]2CO[C@H]3OCC[C@H]32)[C@@H]1C(=O)NCc1ccccc1. The lowest BCUT2D eigenvalue weighted by Gasteiger charge is -2.33. The van der Waals surface area contributed by atoms with Crippen molar-refractivity contribution in [3.63, 3.8) is 0 Å². The maximum Gasteiger partial charge on any atom is 0.407 e. The molecule has 0 spiro atoms. The molecule has 3 heterocycles. The third-order valence-corrected chi connectivity index (χ3v) is 9.24. The number of hydrogen-bond acceptors (Lipinski definition) is 8. The van der Waals surface area contributed by atoms with E-state index in [1.165, 1.54) is 16.7 Å². The zero-order chi connectivity index (χ0) is 29.0. The van der Waals surface area contributed by atoms with Gasteiger partial charge in [0.1, 0.15) is 12.1 Å². The summed E-state index contributed by atoms with van der Waals surface area (Å²) in [6.45, 7) is 4.91. The van der Waals surface area contributed by atoms with Crippen LogP contribution in [0.4, 0.5) is 4.79 Å². The highest BCUT2D eigenvalue weighted by atomic mass is 32.2. The van der Waals surface area contributed by atoms with Gasteiger partial charge in [0.05, 0.1) is 31.1 Å². The van der Waals surface area contributed by atoms with Gasteiger partial charge in [-0.3, -0.25) is 9.59 Å². The second kappa shape index (κ2) is 12.8. The lowest BCUT2D eigenvalue weighted by atomic mass is 9.97. The molecule has 10 nitrogen and oxygen atoms in total. The Hall–Kier alpha value is -3.12. The fourth-order valence-electron chi connectivity index (χ4n) is 5.62. The van der Waals surface area contributed by atoms with Gasteiger partial charge in [0.25, 0.3) is 5.91 Å². The highest BCUT2D eigenvalue weighted by Gasteiger charge is 2.50. The molecule has 0 bridgehead atoms. The number of carbonyl (C=O) groups is 3. The molecule has 0 aromatic heterocycles. The van der Waals surface area contributed by atoms with Gasteiger partial charge in [-0.2, -0.15) is 0 Å². The molecular formula is C30H37N3O7S. The van der Waals surface area contributed by atoms with Crippen molar-refractivity contribution < 1.29 is 33.7 Å². The number of alkyl carbamates (subject to hydrolysis) is 1. The minimum absolute atomic E-state index is 0.0427. The number of amides is 3. The number of benzene rings is 2. The lowest BCUT2D eigenvalue weighted by molar-refractivity contribution is -0.147. The first-order chi connectivity index (χ1) is 19.7. The van der Waals surface area contributed by atoms with Crippen molar-refractivity contribution in [2.75, 3.05) is 19.1 Å². The van der Waals surface area contributed by atoms with E-state index in [2.05, 4.69) is 10.6 Å². The first-order valence-electron chi connectivity index (χ1n) is 13.9. The van der Waals surface area contributed by atoms with Crippen LogP contribution in [0.2, 0.25) is 0 Å². The van der Waals surface area contributed by atoms with E-state index in [-0.39, 0.29) is 37.0 Å². The summed E-state index contributed by atoms with van der Waals surface area (Å²) in [4.78, 5) is 41.6. The van der Waals surface area contributed by atoms with Gasteiger partial charge in [-0.15, -0.1) is 11.8 Å². The number of aliphatic hydroxyl groups is 1. The van der Waals surface area contributed by atoms with E-state index in [0.29, 0.717) is 13.2 Å². The van der Waals surface area contributed by atoms with E-state index in [1.807, 2.05) is 74.5 Å². The minimum Gasteiger partial charge on any atom is -0.443 e. The van der Waals surface area contributed by atoms with Gasteiger partial charge >= 0.3 is 6.09 Å². The van der Waals surface area contributed by atoms with Gasteiger partial charge in [0, 0.05) is 11.3 Å². The van der Waals surface area contributed by atoms with Crippen LogP contribution in [0.1, 0.15) is 31.4 Å². The average molecular weight is 584 g/mol. The molecule has 3 amide bonds. The molecule has 2 aromatic carbocycles. The molecule has 3 aliphatic heterocycles. The molecule has 3 saturated heterocycles. The number of carbonyl (C=O) groups excluding carboxylic acids is 3. The van der Waals surface area contributed by atoms with Crippen molar-refractivity contribution in [1.29, 1.82) is 0 Å². The van der Waals surface area contributed by atoms with Gasteiger partial charge in [-0.05, 0) is 37.8 Å². The van der Waals surface area contributed by atoms with Crippen LogP contribution in [0.25, 0.3) is 0 Å². The lowest BCUT2D eigenvalue weighted by Crippen LogP contribution is -2.58. The zero-order valence-corrected chi connectivity index (χ0v) is 24.0. The van der Waals surface area contributed by atoms with Crippen molar-refractivity contribution in [3.05, 3.63) is 71.8 Å². The molecular weight excluding hydrogens is 546 g/mol. The summed E-state index contributed by atoms with van der Waals surface area (Å²) >= 11 is 1.47. The molecule has 5 rings (SSSR count). The molecule has 0 aliphatic carbocycles. The fraction of sp³-hybridized carbons (Fsp3) is 0.500. The summed E-state index contributed by atoms with van der Waals surface area (Å²) in [5.41, 5.74) is 1.77. The van der Waals surface area contributed by atoms with Crippen LogP contribution >= 0.6 is 11.8 Å². The van der Waals surface area contributed by atoms with Crippen LogP contribution < -0.4 is 10.6 Å². The smallest absolute Gasteiger partial charge is 0.407 e. The van der Waals surface area contributed by atoms with Crippen molar-refractivity contribution in [2.45, 2.75) is 68.6 Å². The van der Waals surface area contributed by atoms with Crippen molar-refractivity contribution in [1.82, 2.24) is 15.5 Å². The second-order valence-electron chi connectivity index (χ2n) is 11.1. The number of nitrogens with one attached hydrogen (secondary N) is 2. The summed E-state index contributed by atoms with van der Waals surface area (Å²) in [6, 6.07) is 17.0. The maximum absolute atomic E-state index is 13.8. The highest BCUT2D eigenvalue weighted by Crippen LogP contribution is 2.40. The van der Waals surface area contributed by atoms with E-state index in [0.717, 1.165) is 17.5 Å². The van der Waals surface area contributed by atoms with Gasteiger partial charge in [-0.1, -0.05) is 60.7 Å². The van der Waals surface area contributed by atoms with Crippen LogP contribution in [-0.2, 0) is 36.8 Å². The van der Waals surface area contributed by atoms with Crippen molar-refractivity contribution >= 4 is 29.7 Å². The number of thioether (sulfide) groups is 1. The summed E-state index contributed by atoms with van der Waals surface area (Å²) < 4.78 is 16.1. The van der Waals surface area contributed by atoms with Gasteiger partial charge < -0.3 is 34.9 Å². The molecule has 3 fully saturated rings. The molecule has 6 atom stereocenters. The first kappa shape index (κ1) is 29.4. The predicted octanol–water partition coefficient (Wildman–Crippen LogP) is 2.44. The highest BCUT2D eigenvalue weighted by molar-refractivity contribution is 8.00. The Morgan fingerprint density at radius 2 is 1.76 bits per heavy atom. The number of aliphatic hydroxyl groups excluding tert-OH is 1. The maximum atomic E-state index is 13.8. The summed E-state index contributed by atoms with van der Waals surface area (Å²) in [5.74, 6) is -0.737. The Kier molecular flexibility index (Phi) is 9.18. The second-order valence-corrected chi connectivity index (χ2v) is 12.7. The fourth-order valence-corrected chi connectivity index (χ4v) is 6.76. The van der Waals surface area contributed by atoms with Crippen LogP contribution in [0.15, 0.2) is 60.7 Å². The number of rotatable bonds is 9. The predicted molar refractivity (Wildman–Crippen MR) is 153 cm³/mol. The van der Waals surface area contributed by atoms with Crippen molar-refractivity contribution in [3.8, 4) is 0 Å². The summed E-state index contributed by atoms with van der Waals surface area (Å²) in [7, 11) is 0. The summed E-state index contributed by atoms with van der Waals surface area (Å²) in [5, 5.41) is 17.1. The third-order valence-electron chi connectivity index (χ3n) is 7.87. The molecule has 3 aliphatic rings. The molecule has 41 heavy (non-hydrogen) atoms. The Morgan fingerprint density at radius 3 is 2.46 bits per heavy atom. The number of fused-ring (bicyclic) bond motifs is 1. The van der Waals surface area contributed by atoms with Crippen LogP contribution in [0.5, 0.6) is 0 Å². The minimum atomic E-state index is -1.61. The molecule has 0 unspecified atom stereocenters. The average Bonchev–Trinajstić information content (AvgIpc) is 3.67. The van der Waals surface area contributed by atoms with Gasteiger partial charge in [0.2, 0.25) is 5.91 Å². The number of nitrogens with zero attached hydrogens (tertiary/aromatic N) is 1. The first-order valence-corrected chi connectivity index (χ1v) is 14.9. The Labute approximate surface area is 244 Å². The van der Waals surface area contributed by atoms with Crippen LogP contribution in [-0.4, -0.2) is 82.3 Å². The monoisotopic (exact) mass is 583 g/mol. The Bertz CT molecular complexity index is 1220. The molecule has 2 aromatic rings. The quantitative estimate of drug-likeness (QED) is 0.411. The topological polar surface area (TPSA) is 126 Å². The zero-order valence-electron chi connectivity index (χ0n) is 23.2. The van der Waals surface area contributed by atoms with Crippen molar-refractivity contribution in [2.24, 2.45) is 5.92 Å². The Balaban J connectivity index is 1.29. The standard InChI is InChI=1S/C30H37N3O7S/c1-30(2)25(26(35)31-16-20-11-7-4-8-12-20)33(18-41-30)27(36)24(34)22(15-19-9-5-3-6-10-19)32-29(37)40-23-17-39-28-21(23)13-14-38-28/h3-12,21-25,28,34H,13-18H2,1-2H3,(H,31,35)(H,32,37)/t21-,22-,23-,24-,25+,28+/m0/s1. The van der Waals surface area contributed by atoms with E-state index in [1.54, 1.807) is 0 Å².